The first kappa shape index (κ1) is 25.7. The minimum absolute atomic E-state index is 0.219. The number of piperidine rings is 1. The summed E-state index contributed by atoms with van der Waals surface area (Å²) < 4.78 is 2.12. The van der Waals surface area contributed by atoms with Gasteiger partial charge in [0.2, 0.25) is 0 Å². The van der Waals surface area contributed by atoms with Crippen molar-refractivity contribution in [3.05, 3.63) is 77.8 Å². The Morgan fingerprint density at radius 2 is 2.00 bits per heavy atom. The van der Waals surface area contributed by atoms with Crippen LogP contribution in [0.4, 0.5) is 10.5 Å². The molecule has 8 nitrogen and oxygen atoms in total. The normalized spacial score (nSPS) is 21.1. The van der Waals surface area contributed by atoms with Crippen LogP contribution in [0.15, 0.2) is 60.8 Å². The molecule has 38 heavy (non-hydrogen) atoms. The Kier molecular flexibility index (Phi) is 7.33. The average Bonchev–Trinajstić information content (AvgIpc) is 3.33. The summed E-state index contributed by atoms with van der Waals surface area (Å²) in [5, 5.41) is 15.2. The number of carbonyl (C=O) groups is 2. The Labute approximate surface area is 223 Å². The van der Waals surface area contributed by atoms with E-state index in [0.717, 1.165) is 55.1 Å². The van der Waals surface area contributed by atoms with E-state index < -0.39 is 11.4 Å². The summed E-state index contributed by atoms with van der Waals surface area (Å²) in [6, 6.07) is 16.3. The van der Waals surface area contributed by atoms with Crippen molar-refractivity contribution in [3.8, 4) is 11.3 Å². The second-order valence-electron chi connectivity index (χ2n) is 10.6. The van der Waals surface area contributed by atoms with Gasteiger partial charge in [0.15, 0.2) is 0 Å². The lowest BCUT2D eigenvalue weighted by Crippen LogP contribution is -2.45. The number of nitrogens with one attached hydrogen (secondary N) is 2. The van der Waals surface area contributed by atoms with E-state index in [1.807, 2.05) is 44.3 Å². The van der Waals surface area contributed by atoms with Crippen molar-refractivity contribution in [2.45, 2.75) is 45.6 Å². The van der Waals surface area contributed by atoms with Crippen LogP contribution in [-0.2, 0) is 17.8 Å². The van der Waals surface area contributed by atoms with Gasteiger partial charge in [-0.2, -0.15) is 0 Å². The van der Waals surface area contributed by atoms with E-state index in [1.54, 1.807) is 0 Å². The molecule has 2 aromatic carbocycles. The molecule has 0 saturated carbocycles. The summed E-state index contributed by atoms with van der Waals surface area (Å²) in [6.07, 6.45) is 8.64. The number of carbonyl (C=O) groups excluding carboxylic acids is 1. The van der Waals surface area contributed by atoms with Crippen LogP contribution >= 0.6 is 0 Å². The molecule has 2 unspecified atom stereocenters. The van der Waals surface area contributed by atoms with Gasteiger partial charge in [-0.25, -0.2) is 9.78 Å². The second-order valence-corrected chi connectivity index (χ2v) is 10.6. The third kappa shape index (κ3) is 5.50. The number of rotatable bonds is 7. The number of benzene rings is 2. The predicted octanol–water partition coefficient (Wildman–Crippen LogP) is 5.19. The van der Waals surface area contributed by atoms with Crippen LogP contribution in [0.25, 0.3) is 17.5 Å². The molecule has 8 heteroatoms. The number of allylic oxidation sites excluding steroid dienone is 1. The lowest BCUT2D eigenvalue weighted by atomic mass is 9.82. The zero-order chi connectivity index (χ0) is 26.7. The van der Waals surface area contributed by atoms with Gasteiger partial charge in [-0.05, 0) is 56.5 Å². The van der Waals surface area contributed by atoms with Crippen LogP contribution in [0.2, 0.25) is 0 Å². The quantitative estimate of drug-likeness (QED) is 0.404. The van der Waals surface area contributed by atoms with E-state index in [-0.39, 0.29) is 11.9 Å². The fraction of sp³-hybridized carbons (Fsp3) is 0.367. The van der Waals surface area contributed by atoms with E-state index >= 15 is 0 Å². The summed E-state index contributed by atoms with van der Waals surface area (Å²) in [4.78, 5) is 30.6. The smallest absolute Gasteiger partial charge is 0.319 e. The number of anilines is 1. The maximum Gasteiger partial charge on any atom is 0.319 e. The first-order valence-corrected chi connectivity index (χ1v) is 13.3. The molecule has 1 fully saturated rings. The Morgan fingerprint density at radius 3 is 2.76 bits per heavy atom. The van der Waals surface area contributed by atoms with Crippen LogP contribution in [0.3, 0.4) is 0 Å². The maximum absolute atomic E-state index is 11.9. The molecule has 3 aromatic rings. The topological polar surface area (TPSA) is 99.5 Å². The first-order chi connectivity index (χ1) is 18.3. The number of likely N-dealkylation sites (tertiary alicyclic amines) is 1. The molecule has 2 aliphatic heterocycles. The molecule has 5 rings (SSSR count). The molecule has 1 saturated heterocycles. The van der Waals surface area contributed by atoms with Gasteiger partial charge in [-0.15, -0.1) is 0 Å². The molecule has 198 valence electrons. The molecule has 2 amide bonds. The van der Waals surface area contributed by atoms with Crippen molar-refractivity contribution in [1.82, 2.24) is 19.8 Å². The fourth-order valence-electron chi connectivity index (χ4n) is 5.49. The lowest BCUT2D eigenvalue weighted by Gasteiger charge is -2.37. The number of imidazole rings is 1. The van der Waals surface area contributed by atoms with Crippen molar-refractivity contribution >= 4 is 23.9 Å². The van der Waals surface area contributed by atoms with Crippen LogP contribution in [0.1, 0.15) is 49.6 Å². The molecule has 2 atom stereocenters. The van der Waals surface area contributed by atoms with Crippen molar-refractivity contribution in [1.29, 1.82) is 0 Å². The molecule has 1 aromatic heterocycles. The van der Waals surface area contributed by atoms with Gasteiger partial charge in [0, 0.05) is 49.4 Å². The minimum Gasteiger partial charge on any atom is -0.481 e. The standard InChI is InChI=1S/C30H35N5O3/c1-3-31-29(38)33-25-7-4-6-24(16-25)26-18-32-27-17-23(12-15-35(26)27)22-10-8-21(9-11-22)19-34-14-5-13-30(2,20-34)28(36)37/h4,6-12,15-16,18,23H,3,5,13-14,17,19-20H2,1-2H3,(H,36,37)(H2,31,33,38). The average molecular weight is 514 g/mol. The largest absolute Gasteiger partial charge is 0.481 e. The molecular formula is C30H35N5O3. The zero-order valence-electron chi connectivity index (χ0n) is 22.0. The molecule has 0 spiro atoms. The molecule has 0 aliphatic carbocycles. The van der Waals surface area contributed by atoms with Gasteiger partial charge in [-0.3, -0.25) is 9.69 Å². The third-order valence-electron chi connectivity index (χ3n) is 7.60. The number of aliphatic carboxylic acids is 1. The number of fused-ring (bicyclic) bond motifs is 1. The highest BCUT2D eigenvalue weighted by Crippen LogP contribution is 2.33. The highest BCUT2D eigenvalue weighted by Gasteiger charge is 2.37. The SMILES string of the molecule is CCNC(=O)Nc1cccc(-c2cnc3n2C=CC(c2ccc(CN4CCCC(C)(C(=O)O)C4)cc2)C3)c1. The Hall–Kier alpha value is -3.91. The Balaban J connectivity index is 1.25. The van der Waals surface area contributed by atoms with Gasteiger partial charge in [0.25, 0.3) is 0 Å². The summed E-state index contributed by atoms with van der Waals surface area (Å²) in [7, 11) is 0. The number of urea groups is 1. The van der Waals surface area contributed by atoms with Crippen molar-refractivity contribution in [2.24, 2.45) is 5.41 Å². The number of carboxylic acid groups (broad SMARTS) is 1. The van der Waals surface area contributed by atoms with Crippen LogP contribution in [0, 0.1) is 5.41 Å². The summed E-state index contributed by atoms with van der Waals surface area (Å²) in [5.41, 5.74) is 4.49. The second kappa shape index (κ2) is 10.8. The maximum atomic E-state index is 11.9. The first-order valence-electron chi connectivity index (χ1n) is 13.3. The number of carboxylic acids is 1. The fourth-order valence-corrected chi connectivity index (χ4v) is 5.49. The van der Waals surface area contributed by atoms with E-state index in [2.05, 4.69) is 56.6 Å². The van der Waals surface area contributed by atoms with Crippen molar-refractivity contribution in [2.75, 3.05) is 25.0 Å². The number of aromatic nitrogens is 2. The summed E-state index contributed by atoms with van der Waals surface area (Å²) in [5.74, 6) is 0.537. The Bertz CT molecular complexity index is 1350. The minimum atomic E-state index is -0.702. The molecule has 0 bridgehead atoms. The summed E-state index contributed by atoms with van der Waals surface area (Å²) in [6.45, 7) is 6.61. The molecular weight excluding hydrogens is 478 g/mol. The van der Waals surface area contributed by atoms with Gasteiger partial charge >= 0.3 is 12.0 Å². The van der Waals surface area contributed by atoms with Crippen LogP contribution in [0.5, 0.6) is 0 Å². The number of hydrogen-bond donors (Lipinski definition) is 3. The molecule has 0 radical (unpaired) electrons. The van der Waals surface area contributed by atoms with Crippen molar-refractivity contribution < 1.29 is 14.7 Å². The van der Waals surface area contributed by atoms with Crippen molar-refractivity contribution in [3.63, 3.8) is 0 Å². The zero-order valence-corrected chi connectivity index (χ0v) is 22.0. The van der Waals surface area contributed by atoms with E-state index in [9.17, 15) is 14.7 Å². The Morgan fingerprint density at radius 1 is 1.18 bits per heavy atom. The van der Waals surface area contributed by atoms with Gasteiger partial charge in [0.1, 0.15) is 5.82 Å². The van der Waals surface area contributed by atoms with E-state index in [0.29, 0.717) is 13.1 Å². The predicted molar refractivity (Wildman–Crippen MR) is 149 cm³/mol. The number of amides is 2. The van der Waals surface area contributed by atoms with Gasteiger partial charge in [0.05, 0.1) is 17.3 Å². The molecule has 2 aliphatic rings. The van der Waals surface area contributed by atoms with Gasteiger partial charge < -0.3 is 20.3 Å². The third-order valence-corrected chi connectivity index (χ3v) is 7.60. The van der Waals surface area contributed by atoms with Crippen LogP contribution < -0.4 is 10.6 Å². The van der Waals surface area contributed by atoms with E-state index in [4.69, 9.17) is 4.98 Å². The molecule has 3 heterocycles. The monoisotopic (exact) mass is 513 g/mol. The van der Waals surface area contributed by atoms with Crippen LogP contribution in [-0.4, -0.2) is 51.2 Å². The highest BCUT2D eigenvalue weighted by molar-refractivity contribution is 5.90. The molecule has 3 N–H and O–H groups in total. The summed E-state index contributed by atoms with van der Waals surface area (Å²) >= 11 is 0. The lowest BCUT2D eigenvalue weighted by molar-refractivity contribution is -0.151. The van der Waals surface area contributed by atoms with E-state index in [1.165, 1.54) is 11.1 Å². The number of hydrogen-bond acceptors (Lipinski definition) is 4. The highest BCUT2D eigenvalue weighted by atomic mass is 16.4. The number of nitrogens with zero attached hydrogens (tertiary/aromatic N) is 3. The van der Waals surface area contributed by atoms with Gasteiger partial charge in [-0.1, -0.05) is 42.5 Å².